The first kappa shape index (κ1) is 18.7. The molecule has 0 aliphatic heterocycles. The van der Waals surface area contributed by atoms with Crippen LogP contribution < -0.4 is 5.32 Å². The molecule has 0 radical (unpaired) electrons. The van der Waals surface area contributed by atoms with E-state index in [4.69, 9.17) is 16.0 Å². The molecule has 0 fully saturated rings. The van der Waals surface area contributed by atoms with Gasteiger partial charge in [0.2, 0.25) is 5.78 Å². The summed E-state index contributed by atoms with van der Waals surface area (Å²) in [6.07, 6.45) is 3.14. The average Bonchev–Trinajstić information content (AvgIpc) is 3.17. The second-order valence-corrected chi connectivity index (χ2v) is 6.87. The predicted octanol–water partition coefficient (Wildman–Crippen LogP) is 6.23. The molecule has 4 rings (SSSR count). The number of carbonyl (C=O) groups excluding carboxylic acids is 2. The standard InChI is InChI=1S/C24H16ClNO3/c25-19-11-9-17(10-12-19)24(28)26-20-6-3-4-16(14-20)8-13-21(27)23-15-18-5-1-2-7-22(18)29-23/h1-15H,(H,26,28). The molecule has 0 spiro atoms. The molecule has 1 aromatic heterocycles. The van der Waals surface area contributed by atoms with Crippen LogP contribution in [0.3, 0.4) is 0 Å². The van der Waals surface area contributed by atoms with Crippen LogP contribution in [0.2, 0.25) is 5.02 Å². The number of anilines is 1. The largest absolute Gasteiger partial charge is 0.453 e. The lowest BCUT2D eigenvalue weighted by molar-refractivity contribution is 0.101. The highest BCUT2D eigenvalue weighted by Gasteiger charge is 2.09. The van der Waals surface area contributed by atoms with Crippen molar-refractivity contribution in [3.8, 4) is 0 Å². The summed E-state index contributed by atoms with van der Waals surface area (Å²) in [7, 11) is 0. The third-order valence-corrected chi connectivity index (χ3v) is 4.60. The Labute approximate surface area is 172 Å². The van der Waals surface area contributed by atoms with Crippen LogP contribution in [0.4, 0.5) is 5.69 Å². The normalized spacial score (nSPS) is 11.1. The first-order valence-electron chi connectivity index (χ1n) is 8.96. The van der Waals surface area contributed by atoms with E-state index in [1.54, 1.807) is 48.5 Å². The molecule has 3 aromatic carbocycles. The van der Waals surface area contributed by atoms with Gasteiger partial charge in [-0.1, -0.05) is 48.0 Å². The van der Waals surface area contributed by atoms with Crippen LogP contribution in [0.25, 0.3) is 17.0 Å². The van der Waals surface area contributed by atoms with Crippen molar-refractivity contribution in [2.24, 2.45) is 0 Å². The van der Waals surface area contributed by atoms with Crippen molar-refractivity contribution < 1.29 is 14.0 Å². The molecule has 1 amide bonds. The van der Waals surface area contributed by atoms with Gasteiger partial charge in [0, 0.05) is 21.7 Å². The fourth-order valence-corrected chi connectivity index (χ4v) is 3.01. The van der Waals surface area contributed by atoms with E-state index in [1.165, 1.54) is 6.08 Å². The number of nitrogens with one attached hydrogen (secondary N) is 1. The van der Waals surface area contributed by atoms with E-state index in [0.29, 0.717) is 21.9 Å². The van der Waals surface area contributed by atoms with Crippen molar-refractivity contribution >= 4 is 46.0 Å². The van der Waals surface area contributed by atoms with Gasteiger partial charge in [0.1, 0.15) is 5.58 Å². The van der Waals surface area contributed by atoms with Gasteiger partial charge in [-0.15, -0.1) is 0 Å². The number of rotatable bonds is 5. The average molecular weight is 402 g/mol. The highest BCUT2D eigenvalue weighted by Crippen LogP contribution is 2.20. The number of ketones is 1. The van der Waals surface area contributed by atoms with E-state index in [-0.39, 0.29) is 17.5 Å². The Bertz CT molecular complexity index is 1190. The molecular weight excluding hydrogens is 386 g/mol. The number of fused-ring (bicyclic) bond motifs is 1. The molecule has 0 bridgehead atoms. The van der Waals surface area contributed by atoms with Crippen LogP contribution in [0.5, 0.6) is 0 Å². The summed E-state index contributed by atoms with van der Waals surface area (Å²) >= 11 is 5.85. The van der Waals surface area contributed by atoms with Gasteiger partial charge in [0.05, 0.1) is 0 Å². The van der Waals surface area contributed by atoms with Gasteiger partial charge in [0.25, 0.3) is 5.91 Å². The third kappa shape index (κ3) is 4.45. The smallest absolute Gasteiger partial charge is 0.255 e. The maximum atomic E-state index is 12.4. The first-order valence-corrected chi connectivity index (χ1v) is 9.34. The Hall–Kier alpha value is -3.63. The predicted molar refractivity (Wildman–Crippen MR) is 115 cm³/mol. The topological polar surface area (TPSA) is 59.3 Å². The van der Waals surface area contributed by atoms with Crippen LogP contribution in [-0.2, 0) is 0 Å². The highest BCUT2D eigenvalue weighted by atomic mass is 35.5. The number of furan rings is 1. The quantitative estimate of drug-likeness (QED) is 0.318. The van der Waals surface area contributed by atoms with Crippen LogP contribution in [-0.4, -0.2) is 11.7 Å². The second-order valence-electron chi connectivity index (χ2n) is 6.43. The summed E-state index contributed by atoms with van der Waals surface area (Å²) in [5.74, 6) is -0.174. The zero-order valence-corrected chi connectivity index (χ0v) is 16.0. The van der Waals surface area contributed by atoms with Crippen LogP contribution in [0.1, 0.15) is 26.5 Å². The van der Waals surface area contributed by atoms with Crippen molar-refractivity contribution in [1.82, 2.24) is 0 Å². The fourth-order valence-electron chi connectivity index (χ4n) is 2.88. The molecule has 0 unspecified atom stereocenters. The minimum absolute atomic E-state index is 0.225. The van der Waals surface area contributed by atoms with Gasteiger partial charge in [-0.3, -0.25) is 9.59 Å². The molecule has 29 heavy (non-hydrogen) atoms. The Morgan fingerprint density at radius 1 is 0.897 bits per heavy atom. The number of halogens is 1. The van der Waals surface area contributed by atoms with Crippen molar-refractivity contribution in [3.63, 3.8) is 0 Å². The molecule has 0 atom stereocenters. The van der Waals surface area contributed by atoms with Crippen LogP contribution in [0.15, 0.2) is 89.4 Å². The number of amides is 1. The molecule has 142 valence electrons. The molecule has 0 aliphatic carbocycles. The minimum atomic E-state index is -0.235. The molecule has 1 N–H and O–H groups in total. The Morgan fingerprint density at radius 2 is 1.69 bits per heavy atom. The fraction of sp³-hybridized carbons (Fsp3) is 0. The van der Waals surface area contributed by atoms with Crippen molar-refractivity contribution in [1.29, 1.82) is 0 Å². The Morgan fingerprint density at radius 3 is 2.48 bits per heavy atom. The van der Waals surface area contributed by atoms with Crippen LogP contribution in [0, 0.1) is 0 Å². The van der Waals surface area contributed by atoms with Gasteiger partial charge in [-0.2, -0.15) is 0 Å². The lowest BCUT2D eigenvalue weighted by atomic mass is 10.1. The van der Waals surface area contributed by atoms with Gasteiger partial charge >= 0.3 is 0 Å². The number of carbonyl (C=O) groups is 2. The zero-order chi connectivity index (χ0) is 20.2. The number of hydrogen-bond donors (Lipinski definition) is 1. The molecule has 5 heteroatoms. The number of benzene rings is 3. The zero-order valence-electron chi connectivity index (χ0n) is 15.3. The van der Waals surface area contributed by atoms with E-state index < -0.39 is 0 Å². The van der Waals surface area contributed by atoms with Crippen molar-refractivity contribution in [2.45, 2.75) is 0 Å². The van der Waals surface area contributed by atoms with Crippen molar-refractivity contribution in [3.05, 3.63) is 107 Å². The summed E-state index contributed by atoms with van der Waals surface area (Å²) in [6, 6.07) is 23.1. The minimum Gasteiger partial charge on any atom is -0.453 e. The lowest BCUT2D eigenvalue weighted by Crippen LogP contribution is -2.11. The molecule has 0 saturated heterocycles. The maximum absolute atomic E-state index is 12.4. The molecule has 1 heterocycles. The number of hydrogen-bond acceptors (Lipinski definition) is 3. The molecule has 0 saturated carbocycles. The highest BCUT2D eigenvalue weighted by molar-refractivity contribution is 6.30. The van der Waals surface area contributed by atoms with E-state index in [0.717, 1.165) is 10.9 Å². The van der Waals surface area contributed by atoms with E-state index in [2.05, 4.69) is 5.32 Å². The van der Waals surface area contributed by atoms with Crippen LogP contribution >= 0.6 is 11.6 Å². The van der Waals surface area contributed by atoms with Gasteiger partial charge in [-0.25, -0.2) is 0 Å². The number of allylic oxidation sites excluding steroid dienone is 1. The number of para-hydroxylation sites is 1. The lowest BCUT2D eigenvalue weighted by Gasteiger charge is -2.06. The van der Waals surface area contributed by atoms with Gasteiger partial charge in [-0.05, 0) is 60.2 Å². The summed E-state index contributed by atoms with van der Waals surface area (Å²) in [6.45, 7) is 0. The Kier molecular flexibility index (Phi) is 5.27. The van der Waals surface area contributed by atoms with E-state index >= 15 is 0 Å². The van der Waals surface area contributed by atoms with E-state index in [1.807, 2.05) is 36.4 Å². The Balaban J connectivity index is 1.47. The third-order valence-electron chi connectivity index (χ3n) is 4.35. The first-order chi connectivity index (χ1) is 14.1. The summed E-state index contributed by atoms with van der Waals surface area (Å²) in [4.78, 5) is 24.7. The van der Waals surface area contributed by atoms with Gasteiger partial charge in [0.15, 0.2) is 5.76 Å². The monoisotopic (exact) mass is 401 g/mol. The van der Waals surface area contributed by atoms with E-state index in [9.17, 15) is 9.59 Å². The molecule has 4 nitrogen and oxygen atoms in total. The molecule has 4 aromatic rings. The van der Waals surface area contributed by atoms with Gasteiger partial charge < -0.3 is 9.73 Å². The molecular formula is C24H16ClNO3. The molecule has 0 aliphatic rings. The SMILES string of the molecule is O=C(Nc1cccc(C=CC(=O)c2cc3ccccc3o2)c1)c1ccc(Cl)cc1. The summed E-state index contributed by atoms with van der Waals surface area (Å²) < 4.78 is 5.58. The maximum Gasteiger partial charge on any atom is 0.255 e. The van der Waals surface area contributed by atoms with Crippen molar-refractivity contribution in [2.75, 3.05) is 5.32 Å². The second kappa shape index (κ2) is 8.17. The summed E-state index contributed by atoms with van der Waals surface area (Å²) in [5.41, 5.74) is 2.60. The summed E-state index contributed by atoms with van der Waals surface area (Å²) in [5, 5.41) is 4.29.